The molecule has 12 heavy (non-hydrogen) atoms. The zero-order valence-corrected chi connectivity index (χ0v) is 7.46. The van der Waals surface area contributed by atoms with E-state index in [0.29, 0.717) is 0 Å². The van der Waals surface area contributed by atoms with E-state index in [2.05, 4.69) is 11.8 Å². The van der Waals surface area contributed by atoms with Gasteiger partial charge < -0.3 is 0 Å². The number of benzene rings is 1. The zero-order chi connectivity index (χ0) is 9.40. The molecule has 0 aliphatic carbocycles. The summed E-state index contributed by atoms with van der Waals surface area (Å²) < 4.78 is 0. The van der Waals surface area contributed by atoms with E-state index in [1.807, 2.05) is 32.0 Å². The van der Waals surface area contributed by atoms with Crippen molar-refractivity contribution in [2.75, 3.05) is 0 Å². The van der Waals surface area contributed by atoms with E-state index < -0.39 is 0 Å². The molecular weight excluding hydrogens is 144 g/mol. The van der Waals surface area contributed by atoms with E-state index in [0.717, 1.165) is 11.1 Å². The molecule has 0 spiro atoms. The molecular formula is C12H12. The quantitative estimate of drug-likeness (QED) is 0.506. The highest BCUT2D eigenvalue weighted by Crippen LogP contribution is 2.01. The monoisotopic (exact) mass is 156 g/mol. The molecule has 0 heterocycles. The van der Waals surface area contributed by atoms with Gasteiger partial charge in [0.1, 0.15) is 0 Å². The van der Waals surface area contributed by atoms with E-state index in [4.69, 9.17) is 12.8 Å². The van der Waals surface area contributed by atoms with Crippen molar-refractivity contribution < 1.29 is 0 Å². The molecule has 60 valence electrons. The van der Waals surface area contributed by atoms with Crippen LogP contribution in [0.4, 0.5) is 0 Å². The molecule has 0 amide bonds. The maximum absolute atomic E-state index is 5.15. The average molecular weight is 156 g/mol. The number of rotatable bonds is 0. The lowest BCUT2D eigenvalue weighted by molar-refractivity contribution is 1.50. The van der Waals surface area contributed by atoms with Crippen LogP contribution in [0.3, 0.4) is 0 Å². The molecule has 0 nitrogen and oxygen atoms in total. The van der Waals surface area contributed by atoms with Crippen LogP contribution in [0.15, 0.2) is 24.3 Å². The first-order valence-corrected chi connectivity index (χ1v) is 3.90. The van der Waals surface area contributed by atoms with E-state index in [9.17, 15) is 0 Å². The van der Waals surface area contributed by atoms with Crippen LogP contribution in [0.1, 0.15) is 25.0 Å². The minimum absolute atomic E-state index is 0.829. The van der Waals surface area contributed by atoms with Crippen LogP contribution in [-0.4, -0.2) is 0 Å². The summed E-state index contributed by atoms with van der Waals surface area (Å²) in [5, 5.41) is 0. The highest BCUT2D eigenvalue weighted by Gasteiger charge is 1.86. The van der Waals surface area contributed by atoms with E-state index in [1.54, 1.807) is 6.07 Å². The molecule has 0 fully saturated rings. The molecule has 0 aromatic heterocycles. The second kappa shape index (κ2) is 6.08. The van der Waals surface area contributed by atoms with Gasteiger partial charge in [0.25, 0.3) is 0 Å². The second-order valence-electron chi connectivity index (χ2n) is 1.87. The summed E-state index contributed by atoms with van der Waals surface area (Å²) in [6, 6.07) is 7.35. The Morgan fingerprint density at radius 2 is 1.42 bits per heavy atom. The predicted octanol–water partition coefficient (Wildman–Crippen LogP) is 2.68. The molecule has 1 rings (SSSR count). The van der Waals surface area contributed by atoms with E-state index >= 15 is 0 Å². The summed E-state index contributed by atoms with van der Waals surface area (Å²) in [6.45, 7) is 4.00. The van der Waals surface area contributed by atoms with Crippen LogP contribution in [0.2, 0.25) is 0 Å². The largest absolute Gasteiger partial charge is 0.115 e. The van der Waals surface area contributed by atoms with Crippen LogP contribution >= 0.6 is 0 Å². The number of terminal acetylenes is 2. The molecule has 0 heteroatoms. The van der Waals surface area contributed by atoms with Crippen molar-refractivity contribution in [2.24, 2.45) is 0 Å². The van der Waals surface area contributed by atoms with Gasteiger partial charge in [0.15, 0.2) is 0 Å². The zero-order valence-electron chi connectivity index (χ0n) is 7.46. The number of hydrogen-bond donors (Lipinski definition) is 0. The van der Waals surface area contributed by atoms with Gasteiger partial charge in [0.2, 0.25) is 0 Å². The maximum Gasteiger partial charge on any atom is 0.0254 e. The Morgan fingerprint density at radius 1 is 1.00 bits per heavy atom. The summed E-state index contributed by atoms with van der Waals surface area (Å²) in [4.78, 5) is 0. The van der Waals surface area contributed by atoms with Gasteiger partial charge in [-0.1, -0.05) is 31.8 Å². The van der Waals surface area contributed by atoms with Crippen LogP contribution in [-0.2, 0) is 0 Å². The van der Waals surface area contributed by atoms with Crippen LogP contribution in [0.5, 0.6) is 0 Å². The van der Waals surface area contributed by atoms with Gasteiger partial charge in [-0.15, -0.1) is 12.8 Å². The summed E-state index contributed by atoms with van der Waals surface area (Å²) in [5.41, 5.74) is 1.66. The van der Waals surface area contributed by atoms with E-state index in [1.165, 1.54) is 0 Å². The van der Waals surface area contributed by atoms with Crippen molar-refractivity contribution in [1.29, 1.82) is 0 Å². The molecule has 1 aromatic rings. The second-order valence-corrected chi connectivity index (χ2v) is 1.87. The Hall–Kier alpha value is -1.66. The summed E-state index contributed by atoms with van der Waals surface area (Å²) in [6.07, 6.45) is 10.3. The first-order valence-electron chi connectivity index (χ1n) is 3.90. The van der Waals surface area contributed by atoms with Crippen molar-refractivity contribution in [3.05, 3.63) is 35.4 Å². The minimum Gasteiger partial charge on any atom is -0.115 e. The topological polar surface area (TPSA) is 0 Å². The van der Waals surface area contributed by atoms with Gasteiger partial charge in [-0.3, -0.25) is 0 Å². The first-order chi connectivity index (χ1) is 5.86. The number of hydrogen-bond acceptors (Lipinski definition) is 0. The molecule has 0 bridgehead atoms. The Labute approximate surface area is 74.6 Å². The van der Waals surface area contributed by atoms with Gasteiger partial charge in [-0.2, -0.15) is 0 Å². The normalized spacial score (nSPS) is 7.00. The van der Waals surface area contributed by atoms with Crippen molar-refractivity contribution in [3.63, 3.8) is 0 Å². The third-order valence-electron chi connectivity index (χ3n) is 1.20. The lowest BCUT2D eigenvalue weighted by Gasteiger charge is -1.89. The minimum atomic E-state index is 0.829. The molecule has 0 N–H and O–H groups in total. The molecule has 0 aliphatic heterocycles. The molecule has 0 saturated heterocycles. The fourth-order valence-electron chi connectivity index (χ4n) is 0.699. The summed E-state index contributed by atoms with van der Waals surface area (Å²) >= 11 is 0. The molecule has 0 atom stereocenters. The third kappa shape index (κ3) is 2.95. The first kappa shape index (κ1) is 10.3. The molecule has 1 aromatic carbocycles. The Kier molecular flexibility index (Phi) is 5.24. The lowest BCUT2D eigenvalue weighted by Crippen LogP contribution is -1.75. The average Bonchev–Trinajstić information content (AvgIpc) is 2.21. The lowest BCUT2D eigenvalue weighted by atomic mass is 10.1. The van der Waals surface area contributed by atoms with Gasteiger partial charge >= 0.3 is 0 Å². The summed E-state index contributed by atoms with van der Waals surface area (Å²) in [5.74, 6) is 5.01. The van der Waals surface area contributed by atoms with Gasteiger partial charge in [0.05, 0.1) is 0 Å². The summed E-state index contributed by atoms with van der Waals surface area (Å²) in [7, 11) is 0. The fourth-order valence-corrected chi connectivity index (χ4v) is 0.699. The molecule has 0 unspecified atom stereocenters. The van der Waals surface area contributed by atoms with Gasteiger partial charge in [-0.05, 0) is 18.2 Å². The molecule has 0 radical (unpaired) electrons. The van der Waals surface area contributed by atoms with Crippen molar-refractivity contribution in [1.82, 2.24) is 0 Å². The fraction of sp³-hybridized carbons (Fsp3) is 0.167. The standard InChI is InChI=1S/C10H6.C2H6/c1-3-9-6-5-7-10(4-2)8-9;1-2/h1-2,5-8H;1-2H3. The van der Waals surface area contributed by atoms with Gasteiger partial charge in [0, 0.05) is 11.1 Å². The van der Waals surface area contributed by atoms with Crippen LogP contribution in [0.25, 0.3) is 0 Å². The smallest absolute Gasteiger partial charge is 0.0254 e. The predicted molar refractivity (Wildman–Crippen MR) is 53.7 cm³/mol. The van der Waals surface area contributed by atoms with Crippen molar-refractivity contribution in [3.8, 4) is 24.7 Å². The highest BCUT2D eigenvalue weighted by molar-refractivity contribution is 5.41. The Morgan fingerprint density at radius 3 is 1.75 bits per heavy atom. The van der Waals surface area contributed by atoms with Gasteiger partial charge in [-0.25, -0.2) is 0 Å². The highest BCUT2D eigenvalue weighted by atomic mass is 13.9. The molecule has 0 saturated carbocycles. The Balaban J connectivity index is 0.000000561. The molecule has 0 aliphatic rings. The van der Waals surface area contributed by atoms with Crippen molar-refractivity contribution >= 4 is 0 Å². The van der Waals surface area contributed by atoms with Crippen molar-refractivity contribution in [2.45, 2.75) is 13.8 Å². The van der Waals surface area contributed by atoms with Crippen LogP contribution in [0, 0.1) is 24.7 Å². The maximum atomic E-state index is 5.15. The van der Waals surface area contributed by atoms with Crippen LogP contribution < -0.4 is 0 Å². The third-order valence-corrected chi connectivity index (χ3v) is 1.20. The SMILES string of the molecule is C#Cc1cccc(C#C)c1.CC. The Bertz CT molecular complexity index is 278. The van der Waals surface area contributed by atoms with E-state index in [-0.39, 0.29) is 0 Å².